The Hall–Kier alpha value is -0.640. The molecule has 0 amide bonds. The van der Waals surface area contributed by atoms with Gasteiger partial charge < -0.3 is 10.1 Å². The summed E-state index contributed by atoms with van der Waals surface area (Å²) in [6, 6.07) is 4.32. The number of halogens is 2. The molecular weight excluding hydrogens is 229 g/mol. The molecule has 90 valence electrons. The van der Waals surface area contributed by atoms with Crippen LogP contribution < -0.4 is 5.32 Å². The van der Waals surface area contributed by atoms with Gasteiger partial charge in [-0.05, 0) is 37.2 Å². The number of hydrogen-bond donors (Lipinski definition) is 1. The number of hydrogen-bond acceptors (Lipinski definition) is 2. The first-order valence-corrected chi connectivity index (χ1v) is 5.82. The Morgan fingerprint density at radius 2 is 2.19 bits per heavy atom. The largest absolute Gasteiger partial charge is 0.380 e. The van der Waals surface area contributed by atoms with Crippen LogP contribution in [0.25, 0.3) is 0 Å². The summed E-state index contributed by atoms with van der Waals surface area (Å²) in [5.74, 6) is -0.279. The number of ether oxygens (including phenoxy) is 1. The Labute approximate surface area is 101 Å². The fourth-order valence-electron chi connectivity index (χ4n) is 1.52. The van der Waals surface area contributed by atoms with Gasteiger partial charge in [0.05, 0.1) is 12.6 Å². The first-order valence-electron chi connectivity index (χ1n) is 5.45. The average Bonchev–Trinajstić information content (AvgIpc) is 2.28. The molecule has 4 heteroatoms. The van der Waals surface area contributed by atoms with Gasteiger partial charge in [0.1, 0.15) is 5.82 Å². The number of rotatable bonds is 6. The van der Waals surface area contributed by atoms with E-state index in [4.69, 9.17) is 16.3 Å². The molecule has 0 saturated carbocycles. The Morgan fingerprint density at radius 3 is 2.81 bits per heavy atom. The van der Waals surface area contributed by atoms with Gasteiger partial charge in [0.25, 0.3) is 0 Å². The topological polar surface area (TPSA) is 21.3 Å². The van der Waals surface area contributed by atoms with Crippen LogP contribution in [0.5, 0.6) is 0 Å². The Balaban J connectivity index is 2.85. The van der Waals surface area contributed by atoms with Gasteiger partial charge in [-0.1, -0.05) is 18.5 Å². The minimum absolute atomic E-state index is 0.0619. The van der Waals surface area contributed by atoms with Gasteiger partial charge in [0.2, 0.25) is 0 Å². The normalized spacial score (nSPS) is 12.8. The quantitative estimate of drug-likeness (QED) is 0.831. The summed E-state index contributed by atoms with van der Waals surface area (Å²) in [6.07, 6.45) is 0. The molecule has 0 radical (unpaired) electrons. The lowest BCUT2D eigenvalue weighted by Gasteiger charge is -2.19. The van der Waals surface area contributed by atoms with Crippen LogP contribution in [0.4, 0.5) is 4.39 Å². The fraction of sp³-hybridized carbons (Fsp3) is 0.500. The molecule has 0 bridgehead atoms. The molecule has 1 aromatic carbocycles. The van der Waals surface area contributed by atoms with Crippen molar-refractivity contribution in [2.24, 2.45) is 0 Å². The van der Waals surface area contributed by atoms with Crippen molar-refractivity contribution in [2.75, 3.05) is 19.8 Å². The lowest BCUT2D eigenvalue weighted by molar-refractivity contribution is 0.123. The van der Waals surface area contributed by atoms with Crippen molar-refractivity contribution < 1.29 is 9.13 Å². The third kappa shape index (κ3) is 3.74. The minimum atomic E-state index is -0.279. The lowest BCUT2D eigenvalue weighted by Crippen LogP contribution is -2.25. The van der Waals surface area contributed by atoms with Crippen LogP contribution in [0.15, 0.2) is 18.2 Å². The molecule has 1 aromatic rings. The van der Waals surface area contributed by atoms with E-state index in [9.17, 15) is 4.39 Å². The van der Waals surface area contributed by atoms with Crippen molar-refractivity contribution in [1.29, 1.82) is 0 Å². The molecule has 0 aliphatic rings. The molecule has 0 heterocycles. The average molecular weight is 246 g/mol. The van der Waals surface area contributed by atoms with Crippen LogP contribution in [0.2, 0.25) is 5.02 Å². The van der Waals surface area contributed by atoms with E-state index in [2.05, 4.69) is 5.32 Å². The molecule has 0 spiro atoms. The number of nitrogens with one attached hydrogen (secondary N) is 1. The van der Waals surface area contributed by atoms with Crippen LogP contribution in [-0.4, -0.2) is 19.8 Å². The highest BCUT2D eigenvalue weighted by Crippen LogP contribution is 2.24. The van der Waals surface area contributed by atoms with E-state index in [1.807, 2.05) is 13.8 Å². The second-order valence-corrected chi connectivity index (χ2v) is 3.84. The van der Waals surface area contributed by atoms with Gasteiger partial charge in [-0.25, -0.2) is 4.39 Å². The Morgan fingerprint density at radius 1 is 1.44 bits per heavy atom. The maximum atomic E-state index is 13.1. The molecule has 1 N–H and O–H groups in total. The summed E-state index contributed by atoms with van der Waals surface area (Å²) in [4.78, 5) is 0. The highest BCUT2D eigenvalue weighted by Gasteiger charge is 2.14. The van der Waals surface area contributed by atoms with E-state index in [1.165, 1.54) is 12.1 Å². The molecule has 0 aliphatic heterocycles. The van der Waals surface area contributed by atoms with Gasteiger partial charge >= 0.3 is 0 Å². The fourth-order valence-corrected chi connectivity index (χ4v) is 1.77. The van der Waals surface area contributed by atoms with Crippen LogP contribution in [0, 0.1) is 5.82 Å². The molecule has 1 rings (SSSR count). The van der Waals surface area contributed by atoms with Crippen molar-refractivity contribution in [2.45, 2.75) is 19.9 Å². The second-order valence-electron chi connectivity index (χ2n) is 3.44. The van der Waals surface area contributed by atoms with E-state index < -0.39 is 0 Å². The molecular formula is C12H17ClFNO. The monoisotopic (exact) mass is 245 g/mol. The minimum Gasteiger partial charge on any atom is -0.380 e. The molecule has 0 saturated heterocycles. The maximum absolute atomic E-state index is 13.1. The van der Waals surface area contributed by atoms with Crippen molar-refractivity contribution in [1.82, 2.24) is 5.32 Å². The maximum Gasteiger partial charge on any atom is 0.123 e. The van der Waals surface area contributed by atoms with Gasteiger partial charge in [-0.15, -0.1) is 0 Å². The third-order valence-corrected chi connectivity index (χ3v) is 2.62. The first-order chi connectivity index (χ1) is 7.69. The molecule has 1 unspecified atom stereocenters. The van der Waals surface area contributed by atoms with Crippen molar-refractivity contribution in [3.8, 4) is 0 Å². The van der Waals surface area contributed by atoms with Gasteiger partial charge in [-0.3, -0.25) is 0 Å². The van der Waals surface area contributed by atoms with Crippen LogP contribution in [0.1, 0.15) is 25.5 Å². The molecule has 0 aliphatic carbocycles. The smallest absolute Gasteiger partial charge is 0.123 e. The van der Waals surface area contributed by atoms with Gasteiger partial charge in [0, 0.05) is 11.6 Å². The molecule has 0 aromatic heterocycles. The number of likely N-dealkylation sites (N-methyl/N-ethyl adjacent to an activating group) is 1. The van der Waals surface area contributed by atoms with Crippen LogP contribution >= 0.6 is 11.6 Å². The van der Waals surface area contributed by atoms with E-state index in [1.54, 1.807) is 6.07 Å². The zero-order valence-electron chi connectivity index (χ0n) is 9.59. The predicted octanol–water partition coefficient (Wildman–Crippen LogP) is 3.17. The molecule has 16 heavy (non-hydrogen) atoms. The summed E-state index contributed by atoms with van der Waals surface area (Å²) >= 11 is 6.04. The van der Waals surface area contributed by atoms with Gasteiger partial charge in [-0.2, -0.15) is 0 Å². The van der Waals surface area contributed by atoms with E-state index in [0.717, 1.165) is 12.1 Å². The van der Waals surface area contributed by atoms with Crippen molar-refractivity contribution in [3.63, 3.8) is 0 Å². The molecule has 0 fully saturated rings. The van der Waals surface area contributed by atoms with Gasteiger partial charge in [0.15, 0.2) is 0 Å². The van der Waals surface area contributed by atoms with Crippen molar-refractivity contribution >= 4 is 11.6 Å². The standard InChI is InChI=1S/C12H17ClFNO/c1-3-15-12(8-16-4-2)10-7-9(14)5-6-11(10)13/h5-7,12,15H,3-4,8H2,1-2H3. The summed E-state index contributed by atoms with van der Waals surface area (Å²) in [5.41, 5.74) is 0.747. The number of benzene rings is 1. The summed E-state index contributed by atoms with van der Waals surface area (Å²) in [7, 11) is 0. The summed E-state index contributed by atoms with van der Waals surface area (Å²) in [6.45, 7) is 5.83. The zero-order chi connectivity index (χ0) is 12.0. The van der Waals surface area contributed by atoms with Crippen molar-refractivity contribution in [3.05, 3.63) is 34.6 Å². The summed E-state index contributed by atoms with van der Waals surface area (Å²) < 4.78 is 18.5. The van der Waals surface area contributed by atoms with E-state index in [0.29, 0.717) is 18.2 Å². The Bertz CT molecular complexity index is 333. The van der Waals surface area contributed by atoms with Crippen LogP contribution in [-0.2, 0) is 4.74 Å². The zero-order valence-corrected chi connectivity index (χ0v) is 10.4. The Kier molecular flexibility index (Phi) is 5.74. The predicted molar refractivity (Wildman–Crippen MR) is 64.3 cm³/mol. The molecule has 2 nitrogen and oxygen atoms in total. The third-order valence-electron chi connectivity index (χ3n) is 2.27. The molecule has 1 atom stereocenters. The van der Waals surface area contributed by atoms with E-state index in [-0.39, 0.29) is 11.9 Å². The van der Waals surface area contributed by atoms with E-state index >= 15 is 0 Å². The highest BCUT2D eigenvalue weighted by atomic mass is 35.5. The summed E-state index contributed by atoms with van der Waals surface area (Å²) in [5, 5.41) is 3.79. The van der Waals surface area contributed by atoms with Crippen LogP contribution in [0.3, 0.4) is 0 Å². The lowest BCUT2D eigenvalue weighted by atomic mass is 10.1. The SMILES string of the molecule is CCNC(COCC)c1cc(F)ccc1Cl. The highest BCUT2D eigenvalue weighted by molar-refractivity contribution is 6.31. The first kappa shape index (κ1) is 13.4. The second kappa shape index (κ2) is 6.84.